The van der Waals surface area contributed by atoms with E-state index in [9.17, 15) is 19.5 Å². The molecule has 4 aliphatic rings. The van der Waals surface area contributed by atoms with Crippen LogP contribution in [-0.2, 0) is 14.4 Å². The summed E-state index contributed by atoms with van der Waals surface area (Å²) in [5.41, 5.74) is 1.15. The smallest absolute Gasteiger partial charge is 0.323 e. The Kier molecular flexibility index (Phi) is 4.58. The molecule has 2 N–H and O–H groups in total. The minimum Gasteiger partial charge on any atom is -0.497 e. The summed E-state index contributed by atoms with van der Waals surface area (Å²) >= 11 is 8.79. The number of nitrogens with zero attached hydrogens (tertiary/aromatic N) is 1. The maximum atomic E-state index is 13.2. The quantitative estimate of drug-likeness (QED) is 0.503. The summed E-state index contributed by atoms with van der Waals surface area (Å²) < 4.78 is 6.06. The number of carbonyl (C=O) groups is 3. The van der Waals surface area contributed by atoms with Gasteiger partial charge < -0.3 is 14.8 Å². The van der Waals surface area contributed by atoms with Gasteiger partial charge in [-0.2, -0.15) is 0 Å². The van der Waals surface area contributed by atoms with Crippen LogP contribution in [-0.4, -0.2) is 51.7 Å². The Morgan fingerprint density at radius 3 is 2.56 bits per heavy atom. The molecule has 166 valence electrons. The van der Waals surface area contributed by atoms with Crippen molar-refractivity contribution >= 4 is 53.1 Å². The molecule has 3 fully saturated rings. The lowest BCUT2D eigenvalue weighted by Crippen LogP contribution is -2.42. The molecule has 1 saturated heterocycles. The number of carboxylic acid groups (broad SMARTS) is 1. The zero-order valence-electron chi connectivity index (χ0n) is 17.0. The van der Waals surface area contributed by atoms with Crippen LogP contribution in [0.1, 0.15) is 22.8 Å². The predicted octanol–water partition coefficient (Wildman–Crippen LogP) is 3.37. The Morgan fingerprint density at radius 1 is 1.22 bits per heavy atom. The van der Waals surface area contributed by atoms with Crippen molar-refractivity contribution in [2.24, 2.45) is 29.6 Å². The molecule has 2 bridgehead atoms. The highest BCUT2D eigenvalue weighted by atomic mass is 32.2. The molecule has 0 radical (unpaired) electrons. The van der Waals surface area contributed by atoms with Gasteiger partial charge in [-0.05, 0) is 54.1 Å². The number of ether oxygens (including phenoxy) is 1. The molecule has 2 aliphatic heterocycles. The van der Waals surface area contributed by atoms with Crippen LogP contribution in [0.5, 0.6) is 5.75 Å². The molecule has 7 atom stereocenters. The fourth-order valence-electron chi connectivity index (χ4n) is 6.55. The summed E-state index contributed by atoms with van der Waals surface area (Å²) in [5.74, 6) is -1.42. The van der Waals surface area contributed by atoms with Gasteiger partial charge in [-0.25, -0.2) is 0 Å². The van der Waals surface area contributed by atoms with Gasteiger partial charge in [0.15, 0.2) is 3.95 Å². The van der Waals surface area contributed by atoms with Crippen molar-refractivity contribution in [1.82, 2.24) is 9.88 Å². The number of nitrogens with one attached hydrogen (secondary N) is 1. The van der Waals surface area contributed by atoms with E-state index in [0.717, 1.165) is 31.6 Å². The third-order valence-electron chi connectivity index (χ3n) is 7.58. The van der Waals surface area contributed by atoms with Gasteiger partial charge in [-0.3, -0.25) is 19.3 Å². The highest BCUT2D eigenvalue weighted by Gasteiger charge is 2.69. The first-order valence-corrected chi connectivity index (χ1v) is 12.6. The maximum Gasteiger partial charge on any atom is 0.323 e. The summed E-state index contributed by atoms with van der Waals surface area (Å²) in [6, 6.07) is 8.05. The van der Waals surface area contributed by atoms with Crippen molar-refractivity contribution in [3.63, 3.8) is 0 Å². The van der Waals surface area contributed by atoms with Crippen LogP contribution >= 0.6 is 35.3 Å². The number of aromatic amines is 1. The van der Waals surface area contributed by atoms with E-state index in [0.29, 0.717) is 0 Å². The topological polar surface area (TPSA) is 99.7 Å². The number of thioether (sulfide) groups is 1. The molecule has 10 heteroatoms. The Bertz CT molecular complexity index is 1200. The Balaban J connectivity index is 1.44. The lowest BCUT2D eigenvalue weighted by molar-refractivity contribution is -0.149. The molecule has 32 heavy (non-hydrogen) atoms. The van der Waals surface area contributed by atoms with Gasteiger partial charge in [0.1, 0.15) is 12.3 Å². The summed E-state index contributed by atoms with van der Waals surface area (Å²) in [7, 11) is 1.64. The molecule has 0 unspecified atom stereocenters. The Hall–Kier alpha value is -2.17. The van der Waals surface area contributed by atoms with Gasteiger partial charge >= 0.3 is 5.97 Å². The van der Waals surface area contributed by atoms with E-state index in [1.807, 2.05) is 12.1 Å². The maximum absolute atomic E-state index is 13.2. The van der Waals surface area contributed by atoms with Gasteiger partial charge in [-0.1, -0.05) is 12.1 Å². The molecule has 1 aromatic carbocycles. The van der Waals surface area contributed by atoms with E-state index in [1.165, 1.54) is 4.88 Å². The normalized spacial score (nSPS) is 34.4. The summed E-state index contributed by atoms with van der Waals surface area (Å²) in [6.07, 6.45) is 0.832. The van der Waals surface area contributed by atoms with Crippen molar-refractivity contribution in [3.05, 3.63) is 38.7 Å². The molecule has 2 aliphatic carbocycles. The zero-order valence-corrected chi connectivity index (χ0v) is 19.5. The minimum absolute atomic E-state index is 0.0497. The number of carbonyl (C=O) groups excluding carboxylic acids is 2. The number of amides is 2. The minimum atomic E-state index is -1.16. The number of benzene rings is 1. The second-order valence-electron chi connectivity index (χ2n) is 8.89. The Morgan fingerprint density at radius 2 is 1.91 bits per heavy atom. The first-order valence-electron chi connectivity index (χ1n) is 10.5. The number of aromatic nitrogens is 1. The highest BCUT2D eigenvalue weighted by molar-refractivity contribution is 8.00. The predicted molar refractivity (Wildman–Crippen MR) is 120 cm³/mol. The first kappa shape index (κ1) is 20.4. The molecule has 2 saturated carbocycles. The summed E-state index contributed by atoms with van der Waals surface area (Å²) in [5, 5.41) is 10.4. The zero-order chi connectivity index (χ0) is 22.3. The van der Waals surface area contributed by atoms with Crippen LogP contribution in [0.15, 0.2) is 29.3 Å². The molecular formula is C22H20N2O5S3. The van der Waals surface area contributed by atoms with Gasteiger partial charge in [0, 0.05) is 16.0 Å². The van der Waals surface area contributed by atoms with Crippen molar-refractivity contribution in [1.29, 1.82) is 0 Å². The van der Waals surface area contributed by atoms with E-state index in [2.05, 4.69) is 17.1 Å². The standard InChI is InChI=1S/C22H20N2O5S3/c1-29-9-4-2-8(3-5-9)13-14-10-6-11(17(14)31-19-18(13)32-22(30)23-19)16-15(10)20(27)24(21(16)28)7-12(25)26/h2-5,10-11,13-17H,6-7H2,1H3,(H,23,30)(H,25,26)/t10-,11+,13+,14-,15+,16+,17-/m0/s1. The van der Waals surface area contributed by atoms with E-state index >= 15 is 0 Å². The number of fused-ring (bicyclic) bond motifs is 9. The SMILES string of the molecule is COc1ccc([C@H]2c3sc(=S)[nH]c3S[C@H]3[C@@H]4C[C@H]([C@H]5C(=O)N(CC(=O)O)C(=O)[C@H]45)[C@@H]23)cc1. The van der Waals surface area contributed by atoms with Crippen molar-refractivity contribution in [2.75, 3.05) is 13.7 Å². The molecule has 2 aromatic rings. The molecule has 3 heterocycles. The molecule has 6 rings (SSSR count). The Labute approximate surface area is 197 Å². The number of aliphatic carboxylic acids is 1. The van der Waals surface area contributed by atoms with Crippen LogP contribution in [0, 0.1) is 33.5 Å². The van der Waals surface area contributed by atoms with Crippen LogP contribution in [0.3, 0.4) is 0 Å². The molecule has 1 aromatic heterocycles. The first-order chi connectivity index (χ1) is 15.4. The lowest BCUT2D eigenvalue weighted by Gasteiger charge is -2.43. The van der Waals surface area contributed by atoms with Gasteiger partial charge in [0.05, 0.1) is 24.0 Å². The summed E-state index contributed by atoms with van der Waals surface area (Å²) in [6.45, 7) is -0.547. The fraction of sp³-hybridized carbons (Fsp3) is 0.455. The van der Waals surface area contributed by atoms with Crippen LogP contribution < -0.4 is 4.74 Å². The van der Waals surface area contributed by atoms with E-state index in [1.54, 1.807) is 30.2 Å². The average molecular weight is 489 g/mol. The third kappa shape index (κ3) is 2.72. The van der Waals surface area contributed by atoms with Gasteiger partial charge in [-0.15, -0.1) is 23.1 Å². The third-order valence-corrected chi connectivity index (χ3v) is 10.5. The second-order valence-corrected chi connectivity index (χ2v) is 11.8. The number of hydrogen-bond acceptors (Lipinski definition) is 7. The second kappa shape index (κ2) is 7.16. The highest BCUT2D eigenvalue weighted by Crippen LogP contribution is 2.68. The molecule has 2 amide bonds. The summed E-state index contributed by atoms with van der Waals surface area (Å²) in [4.78, 5) is 43.0. The van der Waals surface area contributed by atoms with E-state index in [-0.39, 0.29) is 40.7 Å². The number of carboxylic acids is 1. The lowest BCUT2D eigenvalue weighted by atomic mass is 9.68. The largest absolute Gasteiger partial charge is 0.497 e. The number of thiazole rings is 1. The van der Waals surface area contributed by atoms with Crippen LogP contribution in [0.2, 0.25) is 0 Å². The number of methoxy groups -OCH3 is 1. The molecule has 0 spiro atoms. The van der Waals surface area contributed by atoms with Crippen molar-refractivity contribution < 1.29 is 24.2 Å². The van der Waals surface area contributed by atoms with Gasteiger partial charge in [0.2, 0.25) is 11.8 Å². The monoisotopic (exact) mass is 488 g/mol. The number of rotatable bonds is 4. The van der Waals surface area contributed by atoms with Gasteiger partial charge in [0.25, 0.3) is 0 Å². The average Bonchev–Trinajstić information content (AvgIpc) is 3.49. The van der Waals surface area contributed by atoms with Crippen LogP contribution in [0.4, 0.5) is 0 Å². The molecular weight excluding hydrogens is 468 g/mol. The number of hydrogen-bond donors (Lipinski definition) is 2. The van der Waals surface area contributed by atoms with E-state index in [4.69, 9.17) is 17.0 Å². The molecule has 7 nitrogen and oxygen atoms in total. The number of likely N-dealkylation sites (tertiary alicyclic amines) is 1. The van der Waals surface area contributed by atoms with Crippen molar-refractivity contribution in [3.8, 4) is 5.75 Å². The van der Waals surface area contributed by atoms with Crippen molar-refractivity contribution in [2.45, 2.75) is 22.6 Å². The van der Waals surface area contributed by atoms with E-state index < -0.39 is 24.3 Å². The van der Waals surface area contributed by atoms with Crippen LogP contribution in [0.25, 0.3) is 0 Å². The number of imide groups is 1. The fourth-order valence-corrected chi connectivity index (χ4v) is 9.89. The number of H-pyrrole nitrogens is 1.